The molecule has 1 aromatic carbocycles. The Labute approximate surface area is 134 Å². The molecule has 1 aliphatic carbocycles. The third-order valence-corrected chi connectivity index (χ3v) is 4.36. The Morgan fingerprint density at radius 2 is 1.86 bits per heavy atom. The number of carbonyl (C=O) groups excluding carboxylic acids is 1. The van der Waals surface area contributed by atoms with Crippen LogP contribution >= 0.6 is 12.4 Å². The van der Waals surface area contributed by atoms with Crippen LogP contribution in [0.25, 0.3) is 0 Å². The van der Waals surface area contributed by atoms with Gasteiger partial charge in [0.2, 0.25) is 5.91 Å². The van der Waals surface area contributed by atoms with Gasteiger partial charge in [0.15, 0.2) is 0 Å². The maximum atomic E-state index is 12.2. The quantitative estimate of drug-likeness (QED) is 0.878. The van der Waals surface area contributed by atoms with Crippen LogP contribution in [0.1, 0.15) is 44.6 Å². The number of nitrogens with one attached hydrogen (secondary N) is 1. The Morgan fingerprint density at radius 3 is 2.48 bits per heavy atom. The molecule has 1 aliphatic rings. The van der Waals surface area contributed by atoms with E-state index in [4.69, 9.17) is 5.73 Å². The highest BCUT2D eigenvalue weighted by atomic mass is 35.5. The lowest BCUT2D eigenvalue weighted by Crippen LogP contribution is -2.48. The summed E-state index contributed by atoms with van der Waals surface area (Å²) in [6.07, 6.45) is 6.99. The van der Waals surface area contributed by atoms with Crippen molar-refractivity contribution in [2.24, 2.45) is 11.7 Å². The molecular formula is C17H27ClN2O. The van der Waals surface area contributed by atoms with E-state index in [1.807, 2.05) is 30.3 Å². The van der Waals surface area contributed by atoms with Gasteiger partial charge in [-0.25, -0.2) is 0 Å². The van der Waals surface area contributed by atoms with Gasteiger partial charge in [-0.1, -0.05) is 49.6 Å². The molecule has 0 aromatic heterocycles. The van der Waals surface area contributed by atoms with Gasteiger partial charge in [0.1, 0.15) is 0 Å². The Balaban J connectivity index is 0.00000220. The van der Waals surface area contributed by atoms with Crippen LogP contribution in [0.15, 0.2) is 30.3 Å². The zero-order valence-electron chi connectivity index (χ0n) is 12.8. The molecule has 3 nitrogen and oxygen atoms in total. The normalized spacial score (nSPS) is 18.4. The highest BCUT2D eigenvalue weighted by Crippen LogP contribution is 2.26. The average molecular weight is 311 g/mol. The topological polar surface area (TPSA) is 55.1 Å². The number of hydrogen-bond donors (Lipinski definition) is 2. The summed E-state index contributed by atoms with van der Waals surface area (Å²) >= 11 is 0. The standard InChI is InChI=1S/C17H26N2O.ClH/c1-13(15-10-6-3-7-11-15)19-17(20)16(18)12-14-8-4-2-5-9-14;/h2,4-5,8-9,13,15-16H,3,6-7,10-12,18H2,1H3,(H,19,20);1H/t13?,16-;/m0./s1. The van der Waals surface area contributed by atoms with Crippen LogP contribution in [0.2, 0.25) is 0 Å². The molecule has 0 heterocycles. The number of hydrogen-bond acceptors (Lipinski definition) is 2. The largest absolute Gasteiger partial charge is 0.352 e. The second-order valence-electron chi connectivity index (χ2n) is 5.99. The van der Waals surface area contributed by atoms with E-state index in [9.17, 15) is 4.79 Å². The van der Waals surface area contributed by atoms with Crippen molar-refractivity contribution < 1.29 is 4.79 Å². The summed E-state index contributed by atoms with van der Waals surface area (Å²) in [5.74, 6) is 0.601. The summed E-state index contributed by atoms with van der Waals surface area (Å²) in [5, 5.41) is 3.11. The minimum Gasteiger partial charge on any atom is -0.352 e. The van der Waals surface area contributed by atoms with E-state index in [1.165, 1.54) is 32.1 Å². The number of rotatable bonds is 5. The average Bonchev–Trinajstić information content (AvgIpc) is 2.49. The molecule has 1 amide bonds. The lowest BCUT2D eigenvalue weighted by molar-refractivity contribution is -0.123. The SMILES string of the molecule is CC(NC(=O)[C@@H](N)Cc1ccccc1)C1CCCCC1.Cl. The van der Waals surface area contributed by atoms with Gasteiger partial charge in [-0.2, -0.15) is 0 Å². The first-order valence-electron chi connectivity index (χ1n) is 7.76. The molecule has 0 radical (unpaired) electrons. The Morgan fingerprint density at radius 1 is 1.24 bits per heavy atom. The summed E-state index contributed by atoms with van der Waals surface area (Å²) in [5.41, 5.74) is 7.13. The van der Waals surface area contributed by atoms with Crippen LogP contribution in [0.5, 0.6) is 0 Å². The molecule has 1 fully saturated rings. The molecule has 0 spiro atoms. The van der Waals surface area contributed by atoms with Crippen molar-refractivity contribution in [1.29, 1.82) is 0 Å². The van der Waals surface area contributed by atoms with E-state index in [0.29, 0.717) is 12.3 Å². The summed E-state index contributed by atoms with van der Waals surface area (Å²) in [4.78, 5) is 12.2. The number of benzene rings is 1. The molecule has 0 saturated heterocycles. The predicted molar refractivity (Wildman–Crippen MR) is 89.5 cm³/mol. The van der Waals surface area contributed by atoms with Gasteiger partial charge in [0.25, 0.3) is 0 Å². The van der Waals surface area contributed by atoms with Crippen molar-refractivity contribution >= 4 is 18.3 Å². The van der Waals surface area contributed by atoms with Crippen molar-refractivity contribution in [3.8, 4) is 0 Å². The zero-order valence-corrected chi connectivity index (χ0v) is 13.6. The van der Waals surface area contributed by atoms with E-state index in [0.717, 1.165) is 5.56 Å². The van der Waals surface area contributed by atoms with E-state index in [-0.39, 0.29) is 24.4 Å². The van der Waals surface area contributed by atoms with Crippen molar-refractivity contribution in [3.05, 3.63) is 35.9 Å². The van der Waals surface area contributed by atoms with Crippen LogP contribution in [0.3, 0.4) is 0 Å². The number of halogens is 1. The van der Waals surface area contributed by atoms with E-state index < -0.39 is 6.04 Å². The zero-order chi connectivity index (χ0) is 14.4. The van der Waals surface area contributed by atoms with Crippen LogP contribution in [0, 0.1) is 5.92 Å². The van der Waals surface area contributed by atoms with E-state index >= 15 is 0 Å². The summed E-state index contributed by atoms with van der Waals surface area (Å²) in [7, 11) is 0. The van der Waals surface area contributed by atoms with Gasteiger partial charge >= 0.3 is 0 Å². The maximum absolute atomic E-state index is 12.2. The minimum atomic E-state index is -0.455. The van der Waals surface area contributed by atoms with Gasteiger partial charge in [-0.15, -0.1) is 12.4 Å². The molecule has 4 heteroatoms. The van der Waals surface area contributed by atoms with E-state index in [1.54, 1.807) is 0 Å². The molecule has 3 N–H and O–H groups in total. The van der Waals surface area contributed by atoms with Crippen molar-refractivity contribution in [2.75, 3.05) is 0 Å². The molecule has 0 bridgehead atoms. The molecule has 1 unspecified atom stereocenters. The molecule has 2 rings (SSSR count). The van der Waals surface area contributed by atoms with Gasteiger partial charge < -0.3 is 11.1 Å². The Kier molecular flexibility index (Phi) is 7.76. The smallest absolute Gasteiger partial charge is 0.237 e. The molecule has 1 saturated carbocycles. The molecule has 118 valence electrons. The first-order valence-corrected chi connectivity index (χ1v) is 7.76. The second kappa shape index (κ2) is 9.06. The fourth-order valence-corrected chi connectivity index (χ4v) is 3.04. The van der Waals surface area contributed by atoms with Crippen molar-refractivity contribution in [1.82, 2.24) is 5.32 Å². The van der Waals surface area contributed by atoms with Crippen LogP contribution < -0.4 is 11.1 Å². The van der Waals surface area contributed by atoms with E-state index in [2.05, 4.69) is 12.2 Å². The van der Waals surface area contributed by atoms with Gasteiger partial charge in [-0.3, -0.25) is 4.79 Å². The van der Waals surface area contributed by atoms with Crippen LogP contribution in [0.4, 0.5) is 0 Å². The lowest BCUT2D eigenvalue weighted by Gasteiger charge is -2.29. The number of amides is 1. The fraction of sp³-hybridized carbons (Fsp3) is 0.588. The van der Waals surface area contributed by atoms with Crippen molar-refractivity contribution in [3.63, 3.8) is 0 Å². The molecule has 21 heavy (non-hydrogen) atoms. The summed E-state index contributed by atoms with van der Waals surface area (Å²) < 4.78 is 0. The number of carbonyl (C=O) groups is 1. The fourth-order valence-electron chi connectivity index (χ4n) is 3.04. The predicted octanol–water partition coefficient (Wildman–Crippen LogP) is 3.06. The maximum Gasteiger partial charge on any atom is 0.237 e. The van der Waals surface area contributed by atoms with Crippen LogP contribution in [-0.2, 0) is 11.2 Å². The van der Waals surface area contributed by atoms with Crippen LogP contribution in [-0.4, -0.2) is 18.0 Å². The summed E-state index contributed by atoms with van der Waals surface area (Å²) in [6.45, 7) is 2.11. The number of nitrogens with two attached hydrogens (primary N) is 1. The lowest BCUT2D eigenvalue weighted by atomic mass is 9.84. The first kappa shape index (κ1) is 18.0. The summed E-state index contributed by atoms with van der Waals surface area (Å²) in [6, 6.07) is 9.73. The molecular weight excluding hydrogens is 284 g/mol. The Bertz CT molecular complexity index is 418. The van der Waals surface area contributed by atoms with Gasteiger partial charge in [-0.05, 0) is 37.7 Å². The third kappa shape index (κ3) is 5.68. The van der Waals surface area contributed by atoms with Crippen molar-refractivity contribution in [2.45, 2.75) is 57.5 Å². The monoisotopic (exact) mass is 310 g/mol. The highest BCUT2D eigenvalue weighted by molar-refractivity contribution is 5.85. The minimum absolute atomic E-state index is 0. The third-order valence-electron chi connectivity index (χ3n) is 4.36. The molecule has 0 aliphatic heterocycles. The van der Waals surface area contributed by atoms with Gasteiger partial charge in [0, 0.05) is 6.04 Å². The van der Waals surface area contributed by atoms with Gasteiger partial charge in [0.05, 0.1) is 6.04 Å². The first-order chi connectivity index (χ1) is 9.66. The second-order valence-corrected chi connectivity index (χ2v) is 5.99. The Hall–Kier alpha value is -1.06. The highest BCUT2D eigenvalue weighted by Gasteiger charge is 2.23. The molecule has 2 atom stereocenters. The molecule has 1 aromatic rings.